The zero-order valence-electron chi connectivity index (χ0n) is 13.4. The Balaban J connectivity index is 2.66. The normalized spacial score (nSPS) is 12.4. The standard InChI is InChI=1S/C17H21NO3Si/c1-14(19)16(18-11-8-12-22(2,3)4)17(20)21-13-15-9-6-5-7-10-15/h5-7,9-11,16H,13H2,1-4H3. The molecule has 0 amide bonds. The lowest BCUT2D eigenvalue weighted by molar-refractivity contribution is -0.148. The first kappa shape index (κ1) is 17.9. The summed E-state index contributed by atoms with van der Waals surface area (Å²) in [6.45, 7) is 7.75. The van der Waals surface area contributed by atoms with E-state index in [0.29, 0.717) is 0 Å². The van der Waals surface area contributed by atoms with Crippen molar-refractivity contribution in [1.29, 1.82) is 0 Å². The summed E-state index contributed by atoms with van der Waals surface area (Å²) in [5.41, 5.74) is 3.95. The summed E-state index contributed by atoms with van der Waals surface area (Å²) in [4.78, 5) is 27.4. The molecule has 0 saturated carbocycles. The minimum absolute atomic E-state index is 0.125. The SMILES string of the molecule is CC(=O)C(N=CC#C[Si](C)(C)C)C(=O)OCc1ccccc1. The largest absolute Gasteiger partial charge is 0.459 e. The van der Waals surface area contributed by atoms with Gasteiger partial charge in [-0.15, -0.1) is 5.54 Å². The second-order valence-electron chi connectivity index (χ2n) is 5.90. The molecule has 1 atom stereocenters. The lowest BCUT2D eigenvalue weighted by Crippen LogP contribution is -2.28. The van der Waals surface area contributed by atoms with E-state index < -0.39 is 20.1 Å². The Labute approximate surface area is 132 Å². The predicted octanol–water partition coefficient (Wildman–Crippen LogP) is 2.64. The fourth-order valence-electron chi connectivity index (χ4n) is 1.50. The van der Waals surface area contributed by atoms with Crippen LogP contribution in [0.5, 0.6) is 0 Å². The molecule has 0 heterocycles. The summed E-state index contributed by atoms with van der Waals surface area (Å²) in [6.07, 6.45) is 1.33. The van der Waals surface area contributed by atoms with Crippen molar-refractivity contribution >= 4 is 26.0 Å². The van der Waals surface area contributed by atoms with Gasteiger partial charge in [-0.05, 0) is 12.5 Å². The first-order valence-corrected chi connectivity index (χ1v) is 10.5. The number of carbonyl (C=O) groups is 2. The van der Waals surface area contributed by atoms with Crippen molar-refractivity contribution in [3.8, 4) is 11.5 Å². The maximum Gasteiger partial charge on any atom is 0.338 e. The van der Waals surface area contributed by atoms with Gasteiger partial charge in [0, 0.05) is 0 Å². The highest BCUT2D eigenvalue weighted by Crippen LogP contribution is 2.04. The fraction of sp³-hybridized carbons (Fsp3) is 0.353. The van der Waals surface area contributed by atoms with E-state index in [4.69, 9.17) is 4.74 Å². The minimum Gasteiger partial charge on any atom is -0.459 e. The van der Waals surface area contributed by atoms with Crippen molar-refractivity contribution in [3.05, 3.63) is 35.9 Å². The third-order valence-electron chi connectivity index (χ3n) is 2.57. The van der Waals surface area contributed by atoms with Crippen molar-refractivity contribution in [3.63, 3.8) is 0 Å². The van der Waals surface area contributed by atoms with E-state index >= 15 is 0 Å². The molecule has 1 rings (SSSR count). The molecular weight excluding hydrogens is 294 g/mol. The number of aliphatic imine (C=N–C) groups is 1. The maximum atomic E-state index is 12.0. The van der Waals surface area contributed by atoms with Gasteiger partial charge in [-0.25, -0.2) is 4.79 Å². The van der Waals surface area contributed by atoms with Crippen molar-refractivity contribution in [2.45, 2.75) is 39.2 Å². The molecule has 0 aliphatic carbocycles. The quantitative estimate of drug-likeness (QED) is 0.276. The number of ether oxygens (including phenoxy) is 1. The number of hydrogen-bond donors (Lipinski definition) is 0. The third kappa shape index (κ3) is 7.00. The number of Topliss-reactive ketones (excluding diaryl/α,β-unsaturated/α-hetero) is 1. The molecule has 0 saturated heterocycles. The van der Waals surface area contributed by atoms with Crippen LogP contribution in [0.1, 0.15) is 12.5 Å². The van der Waals surface area contributed by atoms with E-state index in [-0.39, 0.29) is 12.4 Å². The van der Waals surface area contributed by atoms with Crippen LogP contribution < -0.4 is 0 Å². The summed E-state index contributed by atoms with van der Waals surface area (Å²) >= 11 is 0. The molecule has 22 heavy (non-hydrogen) atoms. The van der Waals surface area contributed by atoms with E-state index in [0.717, 1.165) is 5.56 Å². The fourth-order valence-corrected chi connectivity index (χ4v) is 2.00. The molecule has 0 bridgehead atoms. The first-order valence-electron chi connectivity index (χ1n) is 7.05. The average Bonchev–Trinajstić information content (AvgIpc) is 2.44. The number of esters is 1. The molecule has 0 aliphatic heterocycles. The number of hydrogen-bond acceptors (Lipinski definition) is 4. The second kappa shape index (κ2) is 8.30. The van der Waals surface area contributed by atoms with Gasteiger partial charge in [0.05, 0.1) is 6.21 Å². The summed E-state index contributed by atoms with van der Waals surface area (Å²) in [7, 11) is -1.50. The van der Waals surface area contributed by atoms with Crippen molar-refractivity contribution in [2.24, 2.45) is 4.99 Å². The van der Waals surface area contributed by atoms with Gasteiger partial charge in [0.15, 0.2) is 5.78 Å². The number of ketones is 1. The Kier molecular flexibility index (Phi) is 6.74. The zero-order valence-corrected chi connectivity index (χ0v) is 14.4. The molecule has 0 N–H and O–H groups in total. The van der Waals surface area contributed by atoms with Crippen LogP contribution in [-0.4, -0.2) is 32.1 Å². The van der Waals surface area contributed by atoms with Gasteiger partial charge in [-0.2, -0.15) is 0 Å². The summed E-state index contributed by atoms with van der Waals surface area (Å²) in [5.74, 6) is 1.79. The second-order valence-corrected chi connectivity index (χ2v) is 10.7. The van der Waals surface area contributed by atoms with E-state index in [1.807, 2.05) is 30.3 Å². The van der Waals surface area contributed by atoms with Gasteiger partial charge in [-0.3, -0.25) is 9.79 Å². The Bertz CT molecular complexity index is 606. The molecule has 1 aromatic carbocycles. The maximum absolute atomic E-state index is 12.0. The van der Waals surface area contributed by atoms with E-state index in [1.165, 1.54) is 13.1 Å². The van der Waals surface area contributed by atoms with E-state index in [2.05, 4.69) is 36.1 Å². The smallest absolute Gasteiger partial charge is 0.338 e. The van der Waals surface area contributed by atoms with Crippen LogP contribution in [0.2, 0.25) is 19.6 Å². The topological polar surface area (TPSA) is 55.7 Å². The van der Waals surface area contributed by atoms with Crippen molar-refractivity contribution in [2.75, 3.05) is 0 Å². The molecule has 0 spiro atoms. The molecule has 0 fully saturated rings. The Morgan fingerprint density at radius 1 is 1.27 bits per heavy atom. The van der Waals surface area contributed by atoms with Crippen LogP contribution >= 0.6 is 0 Å². The average molecular weight is 315 g/mol. The molecule has 116 valence electrons. The monoisotopic (exact) mass is 315 g/mol. The molecule has 0 aromatic heterocycles. The van der Waals surface area contributed by atoms with Gasteiger partial charge in [0.1, 0.15) is 14.7 Å². The molecule has 0 radical (unpaired) electrons. The van der Waals surface area contributed by atoms with Gasteiger partial charge in [0.2, 0.25) is 6.04 Å². The van der Waals surface area contributed by atoms with Crippen LogP contribution in [0.25, 0.3) is 0 Å². The zero-order chi connectivity index (χ0) is 16.6. The predicted molar refractivity (Wildman–Crippen MR) is 90.3 cm³/mol. The minimum atomic E-state index is -1.50. The summed E-state index contributed by atoms with van der Waals surface area (Å²) in [5, 5.41) is 0. The van der Waals surface area contributed by atoms with Gasteiger partial charge < -0.3 is 4.74 Å². The van der Waals surface area contributed by atoms with Gasteiger partial charge >= 0.3 is 5.97 Å². The Morgan fingerprint density at radius 3 is 2.45 bits per heavy atom. The number of benzene rings is 1. The molecule has 4 nitrogen and oxygen atoms in total. The molecule has 5 heteroatoms. The Hall–Kier alpha value is -2.19. The summed E-state index contributed by atoms with van der Waals surface area (Å²) < 4.78 is 5.14. The van der Waals surface area contributed by atoms with Crippen LogP contribution in [-0.2, 0) is 20.9 Å². The summed E-state index contributed by atoms with van der Waals surface area (Å²) in [6, 6.07) is 8.15. The third-order valence-corrected chi connectivity index (χ3v) is 3.46. The number of nitrogens with zero attached hydrogens (tertiary/aromatic N) is 1. The Morgan fingerprint density at radius 2 is 1.91 bits per heavy atom. The first-order chi connectivity index (χ1) is 10.3. The van der Waals surface area contributed by atoms with Crippen LogP contribution in [0.4, 0.5) is 0 Å². The highest BCUT2D eigenvalue weighted by molar-refractivity contribution is 6.84. The molecule has 0 aliphatic rings. The molecular formula is C17H21NO3Si. The lowest BCUT2D eigenvalue weighted by atomic mass is 10.2. The van der Waals surface area contributed by atoms with Crippen LogP contribution in [0, 0.1) is 11.5 Å². The highest BCUT2D eigenvalue weighted by Gasteiger charge is 2.23. The van der Waals surface area contributed by atoms with Crippen molar-refractivity contribution < 1.29 is 14.3 Å². The van der Waals surface area contributed by atoms with Gasteiger partial charge in [0.25, 0.3) is 0 Å². The van der Waals surface area contributed by atoms with Gasteiger partial charge in [-0.1, -0.05) is 55.9 Å². The lowest BCUT2D eigenvalue weighted by Gasteiger charge is -2.09. The number of carbonyl (C=O) groups excluding carboxylic acids is 2. The highest BCUT2D eigenvalue weighted by atomic mass is 28.3. The van der Waals surface area contributed by atoms with E-state index in [9.17, 15) is 9.59 Å². The number of rotatable bonds is 5. The van der Waals surface area contributed by atoms with Crippen LogP contribution in [0.3, 0.4) is 0 Å². The van der Waals surface area contributed by atoms with E-state index in [1.54, 1.807) is 0 Å². The molecule has 1 aromatic rings. The van der Waals surface area contributed by atoms with Crippen molar-refractivity contribution in [1.82, 2.24) is 0 Å². The van der Waals surface area contributed by atoms with Crippen LogP contribution in [0.15, 0.2) is 35.3 Å². The molecule has 1 unspecified atom stereocenters.